The molecule has 2 rings (SSSR count). The fraction of sp³-hybridized carbons (Fsp3) is 0.467. The summed E-state index contributed by atoms with van der Waals surface area (Å²) in [5, 5.41) is 11.7. The third kappa shape index (κ3) is 4.19. The molecular formula is C15H20N2O4. The highest BCUT2D eigenvalue weighted by Crippen LogP contribution is 2.13. The molecule has 0 bridgehead atoms. The molecule has 1 unspecified atom stereocenters. The molecule has 0 aromatic heterocycles. The number of benzene rings is 1. The predicted molar refractivity (Wildman–Crippen MR) is 78.4 cm³/mol. The molecule has 1 heterocycles. The van der Waals surface area contributed by atoms with E-state index >= 15 is 0 Å². The Kier molecular flexibility index (Phi) is 5.16. The number of carboxylic acids is 1. The van der Waals surface area contributed by atoms with Gasteiger partial charge in [-0.2, -0.15) is 0 Å². The number of aryl methyl sites for hydroxylation is 1. The summed E-state index contributed by atoms with van der Waals surface area (Å²) in [5.41, 5.74) is 1.94. The van der Waals surface area contributed by atoms with Crippen molar-refractivity contribution in [1.29, 1.82) is 0 Å². The van der Waals surface area contributed by atoms with Gasteiger partial charge in [-0.25, -0.2) is 9.59 Å². The van der Waals surface area contributed by atoms with Crippen LogP contribution in [0.3, 0.4) is 0 Å². The number of amides is 2. The van der Waals surface area contributed by atoms with Crippen molar-refractivity contribution in [1.82, 2.24) is 4.90 Å². The van der Waals surface area contributed by atoms with E-state index in [9.17, 15) is 9.59 Å². The van der Waals surface area contributed by atoms with E-state index in [4.69, 9.17) is 9.84 Å². The maximum absolute atomic E-state index is 12.1. The molecule has 6 nitrogen and oxygen atoms in total. The van der Waals surface area contributed by atoms with Crippen LogP contribution in [0.1, 0.15) is 18.9 Å². The lowest BCUT2D eigenvalue weighted by atomic mass is 10.1. The number of carbonyl (C=O) groups is 2. The highest BCUT2D eigenvalue weighted by atomic mass is 16.5. The van der Waals surface area contributed by atoms with Crippen LogP contribution in [0, 0.1) is 0 Å². The van der Waals surface area contributed by atoms with E-state index in [2.05, 4.69) is 12.2 Å². The van der Waals surface area contributed by atoms with Gasteiger partial charge in [0.15, 0.2) is 6.10 Å². The van der Waals surface area contributed by atoms with Crippen LogP contribution in [0.4, 0.5) is 10.5 Å². The molecule has 6 heteroatoms. The Morgan fingerprint density at radius 1 is 1.38 bits per heavy atom. The highest BCUT2D eigenvalue weighted by Gasteiger charge is 2.28. The third-order valence-corrected chi connectivity index (χ3v) is 3.37. The largest absolute Gasteiger partial charge is 0.479 e. The van der Waals surface area contributed by atoms with Crippen molar-refractivity contribution in [3.63, 3.8) is 0 Å². The number of rotatable bonds is 4. The van der Waals surface area contributed by atoms with E-state index in [0.29, 0.717) is 12.2 Å². The van der Waals surface area contributed by atoms with Crippen LogP contribution in [-0.2, 0) is 16.0 Å². The lowest BCUT2D eigenvalue weighted by Gasteiger charge is -2.30. The molecule has 0 aliphatic carbocycles. The van der Waals surface area contributed by atoms with Gasteiger partial charge in [0, 0.05) is 12.2 Å². The predicted octanol–water partition coefficient (Wildman–Crippen LogP) is 1.96. The second-order valence-corrected chi connectivity index (χ2v) is 5.02. The van der Waals surface area contributed by atoms with Gasteiger partial charge in [0.2, 0.25) is 0 Å². The third-order valence-electron chi connectivity index (χ3n) is 3.37. The fourth-order valence-corrected chi connectivity index (χ4v) is 2.23. The number of ether oxygens (including phenoxy) is 1. The minimum absolute atomic E-state index is 0.0646. The van der Waals surface area contributed by atoms with Crippen LogP contribution in [0.5, 0.6) is 0 Å². The summed E-state index contributed by atoms with van der Waals surface area (Å²) in [5.74, 6) is -1.04. The van der Waals surface area contributed by atoms with Gasteiger partial charge in [-0.05, 0) is 24.1 Å². The first-order chi connectivity index (χ1) is 10.1. The van der Waals surface area contributed by atoms with Crippen molar-refractivity contribution in [2.45, 2.75) is 25.9 Å². The number of carbonyl (C=O) groups excluding carboxylic acids is 1. The number of urea groups is 1. The first-order valence-electron chi connectivity index (χ1n) is 7.09. The van der Waals surface area contributed by atoms with E-state index in [1.165, 1.54) is 10.5 Å². The van der Waals surface area contributed by atoms with Crippen molar-refractivity contribution in [3.05, 3.63) is 29.8 Å². The minimum Gasteiger partial charge on any atom is -0.479 e. The highest BCUT2D eigenvalue weighted by molar-refractivity contribution is 5.89. The molecule has 1 atom stereocenters. The summed E-state index contributed by atoms with van der Waals surface area (Å²) in [6.07, 6.45) is 1.14. The van der Waals surface area contributed by atoms with Gasteiger partial charge in [0.25, 0.3) is 0 Å². The maximum Gasteiger partial charge on any atom is 0.334 e. The monoisotopic (exact) mass is 292 g/mol. The number of morpholine rings is 1. The Labute approximate surface area is 123 Å². The van der Waals surface area contributed by atoms with E-state index in [-0.39, 0.29) is 19.2 Å². The van der Waals surface area contributed by atoms with Crippen LogP contribution in [-0.4, -0.2) is 47.8 Å². The van der Waals surface area contributed by atoms with Crippen LogP contribution in [0.15, 0.2) is 24.3 Å². The molecule has 0 saturated carbocycles. The number of hydrogen-bond acceptors (Lipinski definition) is 3. The summed E-state index contributed by atoms with van der Waals surface area (Å²) in [6, 6.07) is 7.39. The average Bonchev–Trinajstić information content (AvgIpc) is 2.49. The van der Waals surface area contributed by atoms with E-state index in [0.717, 1.165) is 12.8 Å². The van der Waals surface area contributed by atoms with E-state index in [1.807, 2.05) is 24.3 Å². The number of nitrogens with one attached hydrogen (secondary N) is 1. The van der Waals surface area contributed by atoms with Gasteiger partial charge in [-0.3, -0.25) is 0 Å². The normalized spacial score (nSPS) is 18.3. The first kappa shape index (κ1) is 15.3. The van der Waals surface area contributed by atoms with Crippen molar-refractivity contribution in [2.75, 3.05) is 25.0 Å². The molecule has 1 saturated heterocycles. The zero-order valence-electron chi connectivity index (χ0n) is 12.0. The van der Waals surface area contributed by atoms with Crippen LogP contribution < -0.4 is 5.32 Å². The standard InChI is InChI=1S/C15H20N2O4/c1-2-3-11-4-6-12(7-5-11)16-15(20)17-8-9-21-13(10-17)14(18)19/h4-7,13H,2-3,8-10H2,1H3,(H,16,20)(H,18,19). The summed E-state index contributed by atoms with van der Waals surface area (Å²) >= 11 is 0. The topological polar surface area (TPSA) is 78.9 Å². The summed E-state index contributed by atoms with van der Waals surface area (Å²) in [6.45, 7) is 2.81. The smallest absolute Gasteiger partial charge is 0.334 e. The van der Waals surface area contributed by atoms with Crippen LogP contribution in [0.25, 0.3) is 0 Å². The zero-order valence-corrected chi connectivity index (χ0v) is 12.0. The van der Waals surface area contributed by atoms with Gasteiger partial charge in [-0.1, -0.05) is 25.5 Å². The SMILES string of the molecule is CCCc1ccc(NC(=O)N2CCOC(C(=O)O)C2)cc1. The number of hydrogen-bond donors (Lipinski definition) is 2. The van der Waals surface area contributed by atoms with Gasteiger partial charge in [0.05, 0.1) is 13.2 Å². The van der Waals surface area contributed by atoms with E-state index in [1.54, 1.807) is 0 Å². The number of aliphatic carboxylic acids is 1. The summed E-state index contributed by atoms with van der Waals surface area (Å²) in [7, 11) is 0. The lowest BCUT2D eigenvalue weighted by Crippen LogP contribution is -2.49. The minimum atomic E-state index is -1.04. The van der Waals surface area contributed by atoms with Gasteiger partial charge < -0.3 is 20.1 Å². The molecule has 2 N–H and O–H groups in total. The Balaban J connectivity index is 1.92. The molecule has 1 aliphatic rings. The molecular weight excluding hydrogens is 272 g/mol. The average molecular weight is 292 g/mol. The first-order valence-corrected chi connectivity index (χ1v) is 7.09. The van der Waals surface area contributed by atoms with Crippen molar-refractivity contribution >= 4 is 17.7 Å². The van der Waals surface area contributed by atoms with Crippen molar-refractivity contribution in [2.24, 2.45) is 0 Å². The molecule has 1 aromatic rings. The Hall–Kier alpha value is -2.08. The van der Waals surface area contributed by atoms with Gasteiger partial charge >= 0.3 is 12.0 Å². The quantitative estimate of drug-likeness (QED) is 0.889. The molecule has 2 amide bonds. The molecule has 1 fully saturated rings. The van der Waals surface area contributed by atoms with Crippen LogP contribution in [0.2, 0.25) is 0 Å². The van der Waals surface area contributed by atoms with Gasteiger partial charge in [0.1, 0.15) is 0 Å². The second kappa shape index (κ2) is 7.08. The molecule has 1 aliphatic heterocycles. The second-order valence-electron chi connectivity index (χ2n) is 5.02. The zero-order chi connectivity index (χ0) is 15.2. The summed E-state index contributed by atoms with van der Waals surface area (Å²) in [4.78, 5) is 24.5. The van der Waals surface area contributed by atoms with Crippen LogP contribution >= 0.6 is 0 Å². The molecule has 1 aromatic carbocycles. The Morgan fingerprint density at radius 3 is 2.71 bits per heavy atom. The Bertz CT molecular complexity index is 501. The maximum atomic E-state index is 12.1. The number of anilines is 1. The van der Waals surface area contributed by atoms with E-state index < -0.39 is 12.1 Å². The molecule has 0 spiro atoms. The summed E-state index contributed by atoms with van der Waals surface area (Å²) < 4.78 is 5.09. The van der Waals surface area contributed by atoms with Crippen molar-refractivity contribution in [3.8, 4) is 0 Å². The molecule has 21 heavy (non-hydrogen) atoms. The number of carboxylic acid groups (broad SMARTS) is 1. The van der Waals surface area contributed by atoms with Crippen molar-refractivity contribution < 1.29 is 19.4 Å². The lowest BCUT2D eigenvalue weighted by molar-refractivity contribution is -0.154. The Morgan fingerprint density at radius 2 is 2.10 bits per heavy atom. The number of nitrogens with zero attached hydrogens (tertiary/aromatic N) is 1. The molecule has 114 valence electrons. The van der Waals surface area contributed by atoms with Gasteiger partial charge in [-0.15, -0.1) is 0 Å². The fourth-order valence-electron chi connectivity index (χ4n) is 2.23. The molecule has 0 radical (unpaired) electrons.